The minimum absolute atomic E-state index is 0. The molecule has 1 N–H and O–H groups in total. The third kappa shape index (κ3) is 6.14. The Hall–Kier alpha value is -1.00. The normalized spacial score (nSPS) is 22.2. The predicted octanol–water partition coefficient (Wildman–Crippen LogP) is 3.30. The zero-order valence-corrected chi connectivity index (χ0v) is 16.3. The van der Waals surface area contributed by atoms with E-state index in [-0.39, 0.29) is 36.6 Å². The highest BCUT2D eigenvalue weighted by Gasteiger charge is 2.30. The molecule has 1 saturated heterocycles. The number of nitrogens with one attached hydrogen (secondary N) is 1. The van der Waals surface area contributed by atoms with E-state index in [9.17, 15) is 13.2 Å². The molecule has 0 spiro atoms. The second kappa shape index (κ2) is 9.47. The summed E-state index contributed by atoms with van der Waals surface area (Å²) in [6, 6.07) is 0.248. The molecule has 9 heteroatoms. The number of rotatable bonds is 4. The lowest BCUT2D eigenvalue weighted by molar-refractivity contribution is -0.132. The first-order valence-electron chi connectivity index (χ1n) is 7.98. The third-order valence-electron chi connectivity index (χ3n) is 4.12. The number of guanidine groups is 1. The van der Waals surface area contributed by atoms with Gasteiger partial charge in [-0.1, -0.05) is 6.92 Å². The van der Waals surface area contributed by atoms with Crippen molar-refractivity contribution in [3.8, 4) is 0 Å². The van der Waals surface area contributed by atoms with Gasteiger partial charge in [0.2, 0.25) is 0 Å². The van der Waals surface area contributed by atoms with E-state index in [0.717, 1.165) is 19.5 Å². The van der Waals surface area contributed by atoms with Crippen LogP contribution in [0.25, 0.3) is 0 Å². The van der Waals surface area contributed by atoms with Gasteiger partial charge in [0.25, 0.3) is 0 Å². The van der Waals surface area contributed by atoms with Crippen LogP contribution in [0.5, 0.6) is 0 Å². The minimum atomic E-state index is -4.17. The average molecular weight is 459 g/mol. The summed E-state index contributed by atoms with van der Waals surface area (Å²) in [5.74, 6) is 1.05. The van der Waals surface area contributed by atoms with Crippen LogP contribution in [0.3, 0.4) is 0 Å². The van der Waals surface area contributed by atoms with E-state index < -0.39 is 12.6 Å². The highest BCUT2D eigenvalue weighted by atomic mass is 127. The van der Waals surface area contributed by atoms with Crippen molar-refractivity contribution in [2.24, 2.45) is 10.9 Å². The molecule has 0 aromatic carbocycles. The van der Waals surface area contributed by atoms with Crippen molar-refractivity contribution in [3.63, 3.8) is 0 Å². The Morgan fingerprint density at radius 1 is 1.42 bits per heavy atom. The maximum Gasteiger partial charge on any atom is 0.390 e. The minimum Gasteiger partial charge on any atom is -0.357 e. The topological polar surface area (TPSA) is 45.5 Å². The number of hydrogen-bond acceptors (Lipinski definition) is 2. The summed E-state index contributed by atoms with van der Waals surface area (Å²) >= 11 is 0. The van der Waals surface area contributed by atoms with Crippen LogP contribution in [0.1, 0.15) is 32.7 Å². The molecule has 1 aliphatic rings. The molecule has 1 fully saturated rings. The fraction of sp³-hybridized carbons (Fsp3) is 0.733. The van der Waals surface area contributed by atoms with Gasteiger partial charge in [0, 0.05) is 32.0 Å². The summed E-state index contributed by atoms with van der Waals surface area (Å²) in [5.41, 5.74) is 0. The molecular weight excluding hydrogens is 434 g/mol. The number of aromatic nitrogens is 2. The van der Waals surface area contributed by atoms with Crippen LogP contribution in [0.2, 0.25) is 0 Å². The standard InChI is InChI=1S/C15H24F3N5.HI/c1-3-20-14(21-6-5-15(16,17)18)22-8-4-12(2)13(10-22)23-9-7-19-11-23;/h7,9,11-13H,3-6,8,10H2,1-2H3,(H,20,21);1H. The lowest BCUT2D eigenvalue weighted by Crippen LogP contribution is -2.49. The second-order valence-electron chi connectivity index (χ2n) is 5.89. The summed E-state index contributed by atoms with van der Waals surface area (Å²) in [4.78, 5) is 10.3. The first-order valence-corrected chi connectivity index (χ1v) is 7.98. The monoisotopic (exact) mass is 459 g/mol. The van der Waals surface area contributed by atoms with Crippen molar-refractivity contribution >= 4 is 29.9 Å². The Bertz CT molecular complexity index is 504. The summed E-state index contributed by atoms with van der Waals surface area (Å²) < 4.78 is 39.0. The molecule has 2 unspecified atom stereocenters. The van der Waals surface area contributed by atoms with Crippen LogP contribution in [0.15, 0.2) is 23.7 Å². The van der Waals surface area contributed by atoms with Crippen molar-refractivity contribution in [3.05, 3.63) is 18.7 Å². The van der Waals surface area contributed by atoms with Crippen molar-refractivity contribution in [2.45, 2.75) is 38.9 Å². The number of piperidine rings is 1. The van der Waals surface area contributed by atoms with Gasteiger partial charge in [-0.2, -0.15) is 13.2 Å². The summed E-state index contributed by atoms with van der Waals surface area (Å²) in [6.45, 7) is 6.01. The number of alkyl halides is 3. The number of hydrogen-bond donors (Lipinski definition) is 1. The average Bonchev–Trinajstić information content (AvgIpc) is 3.00. The van der Waals surface area contributed by atoms with E-state index in [1.165, 1.54) is 0 Å². The predicted molar refractivity (Wildman–Crippen MR) is 98.7 cm³/mol. The van der Waals surface area contributed by atoms with E-state index in [4.69, 9.17) is 0 Å². The van der Waals surface area contributed by atoms with Gasteiger partial charge >= 0.3 is 6.18 Å². The lowest BCUT2D eigenvalue weighted by Gasteiger charge is -2.39. The molecule has 0 aliphatic carbocycles. The van der Waals surface area contributed by atoms with Crippen LogP contribution in [0.4, 0.5) is 13.2 Å². The van der Waals surface area contributed by atoms with Crippen molar-refractivity contribution in [2.75, 3.05) is 26.2 Å². The Morgan fingerprint density at radius 2 is 2.17 bits per heavy atom. The molecule has 2 heterocycles. The first kappa shape index (κ1) is 21.0. The zero-order chi connectivity index (χ0) is 16.9. The van der Waals surface area contributed by atoms with Gasteiger partial charge in [-0.05, 0) is 19.3 Å². The Labute approximate surface area is 157 Å². The molecule has 0 saturated carbocycles. The maximum atomic E-state index is 12.3. The highest BCUT2D eigenvalue weighted by molar-refractivity contribution is 14.0. The Kier molecular flexibility index (Phi) is 8.31. The van der Waals surface area contributed by atoms with E-state index in [0.29, 0.717) is 18.4 Å². The number of aliphatic imine (C=N–C) groups is 1. The van der Waals surface area contributed by atoms with Gasteiger partial charge < -0.3 is 14.8 Å². The number of nitrogens with zero attached hydrogens (tertiary/aromatic N) is 4. The fourth-order valence-electron chi connectivity index (χ4n) is 2.81. The highest BCUT2D eigenvalue weighted by Crippen LogP contribution is 2.27. The number of likely N-dealkylation sites (tertiary alicyclic amines) is 1. The van der Waals surface area contributed by atoms with Gasteiger partial charge in [-0.25, -0.2) is 4.98 Å². The van der Waals surface area contributed by atoms with Gasteiger partial charge in [0.05, 0.1) is 25.3 Å². The van der Waals surface area contributed by atoms with Crippen LogP contribution in [0, 0.1) is 5.92 Å². The molecule has 0 amide bonds. The van der Waals surface area contributed by atoms with Gasteiger partial charge in [-0.3, -0.25) is 4.99 Å². The molecule has 2 atom stereocenters. The Morgan fingerprint density at radius 3 is 2.75 bits per heavy atom. The summed E-state index contributed by atoms with van der Waals surface area (Å²) in [6.07, 6.45) is 1.37. The number of imidazole rings is 1. The molecule has 0 bridgehead atoms. The largest absolute Gasteiger partial charge is 0.390 e. The molecule has 1 aromatic heterocycles. The Balaban J connectivity index is 0.00000288. The molecule has 24 heavy (non-hydrogen) atoms. The van der Waals surface area contributed by atoms with E-state index in [1.807, 2.05) is 18.0 Å². The maximum absolute atomic E-state index is 12.3. The van der Waals surface area contributed by atoms with Gasteiger partial charge in [0.1, 0.15) is 0 Å². The van der Waals surface area contributed by atoms with Crippen LogP contribution < -0.4 is 5.32 Å². The van der Waals surface area contributed by atoms with E-state index >= 15 is 0 Å². The molecule has 0 radical (unpaired) electrons. The van der Waals surface area contributed by atoms with Crippen molar-refractivity contribution in [1.82, 2.24) is 19.8 Å². The van der Waals surface area contributed by atoms with Crippen LogP contribution in [-0.4, -0.2) is 52.8 Å². The van der Waals surface area contributed by atoms with Crippen molar-refractivity contribution in [1.29, 1.82) is 0 Å². The SMILES string of the molecule is CCNC(=NCCC(F)(F)F)N1CCC(C)C(n2ccnc2)C1.I. The molecular formula is C15H25F3IN5. The molecule has 1 aliphatic heterocycles. The quantitative estimate of drug-likeness (QED) is 0.427. The molecule has 2 rings (SSSR count). The van der Waals surface area contributed by atoms with Crippen molar-refractivity contribution < 1.29 is 13.2 Å². The fourth-order valence-corrected chi connectivity index (χ4v) is 2.81. The molecule has 138 valence electrons. The van der Waals surface area contributed by atoms with E-state index in [1.54, 1.807) is 12.5 Å². The molecule has 5 nitrogen and oxygen atoms in total. The summed E-state index contributed by atoms with van der Waals surface area (Å²) in [7, 11) is 0. The summed E-state index contributed by atoms with van der Waals surface area (Å²) in [5, 5.41) is 3.10. The smallest absolute Gasteiger partial charge is 0.357 e. The van der Waals surface area contributed by atoms with E-state index in [2.05, 4.69) is 26.8 Å². The second-order valence-corrected chi connectivity index (χ2v) is 5.89. The lowest BCUT2D eigenvalue weighted by atomic mass is 9.93. The van der Waals surface area contributed by atoms with Crippen LogP contribution >= 0.6 is 24.0 Å². The van der Waals surface area contributed by atoms with Gasteiger partial charge in [0.15, 0.2) is 5.96 Å². The van der Waals surface area contributed by atoms with Gasteiger partial charge in [-0.15, -0.1) is 24.0 Å². The molecule has 1 aromatic rings. The third-order valence-corrected chi connectivity index (χ3v) is 4.12. The first-order chi connectivity index (χ1) is 10.9. The van der Waals surface area contributed by atoms with Crippen LogP contribution in [-0.2, 0) is 0 Å². The zero-order valence-electron chi connectivity index (χ0n) is 14.0. The number of halogens is 4.